The number of rotatable bonds is 6. The van der Waals surface area contributed by atoms with Gasteiger partial charge in [0, 0.05) is 37.8 Å². The van der Waals surface area contributed by atoms with Gasteiger partial charge in [0.25, 0.3) is 0 Å². The van der Waals surface area contributed by atoms with Gasteiger partial charge >= 0.3 is 0 Å². The quantitative estimate of drug-likeness (QED) is 0.169. The summed E-state index contributed by atoms with van der Waals surface area (Å²) in [6.45, 7) is 0. The molecule has 0 fully saturated rings. The van der Waals surface area contributed by atoms with Gasteiger partial charge in [0.15, 0.2) is 0 Å². The monoisotopic (exact) mass is 736 g/mol. The van der Waals surface area contributed by atoms with Crippen molar-refractivity contribution < 1.29 is 0 Å². The first-order valence-corrected chi connectivity index (χ1v) is 20.2. The predicted molar refractivity (Wildman–Crippen MR) is 239 cm³/mol. The molecule has 0 saturated heterocycles. The fourth-order valence-electron chi connectivity index (χ4n) is 7.92. The molecular weight excluding hydrogens is 705 g/mol. The largest absolute Gasteiger partial charge is 0.308 e. The van der Waals surface area contributed by atoms with E-state index in [-0.39, 0.29) is 0 Å². The molecule has 0 N–H and O–H groups in total. The van der Waals surface area contributed by atoms with E-state index < -0.39 is 0 Å². The number of hydrogen-bond acceptors (Lipinski definition) is 4. The van der Waals surface area contributed by atoms with Crippen molar-refractivity contribution in [3.05, 3.63) is 194 Å². The van der Waals surface area contributed by atoms with Gasteiger partial charge in [0.1, 0.15) is 5.01 Å². The minimum Gasteiger partial charge on any atom is -0.308 e. The van der Waals surface area contributed by atoms with Crippen LogP contribution in [0.2, 0.25) is 0 Å². The molecule has 0 saturated carbocycles. The maximum absolute atomic E-state index is 5.04. The van der Waals surface area contributed by atoms with E-state index >= 15 is 0 Å². The number of anilines is 3. The molecule has 4 heteroatoms. The smallest absolute Gasteiger partial charge is 0.124 e. The number of thiophene rings is 1. The molecule has 0 amide bonds. The van der Waals surface area contributed by atoms with Crippen LogP contribution in [0.3, 0.4) is 0 Å². The van der Waals surface area contributed by atoms with Crippen molar-refractivity contribution in [2.24, 2.45) is 0 Å². The third-order valence-electron chi connectivity index (χ3n) is 10.6. The Morgan fingerprint density at radius 1 is 0.364 bits per heavy atom. The first-order valence-electron chi connectivity index (χ1n) is 18.5. The van der Waals surface area contributed by atoms with Crippen LogP contribution >= 0.6 is 22.7 Å². The van der Waals surface area contributed by atoms with Crippen molar-refractivity contribution in [1.82, 2.24) is 4.98 Å². The van der Waals surface area contributed by atoms with E-state index in [1.54, 1.807) is 11.3 Å². The van der Waals surface area contributed by atoms with Crippen LogP contribution in [0.5, 0.6) is 0 Å². The van der Waals surface area contributed by atoms with E-state index in [9.17, 15) is 0 Å². The lowest BCUT2D eigenvalue weighted by atomic mass is 9.99. The van der Waals surface area contributed by atoms with Gasteiger partial charge in [0.05, 0.1) is 20.6 Å². The third-order valence-corrected chi connectivity index (χ3v) is 12.9. The highest BCUT2D eigenvalue weighted by Gasteiger charge is 2.22. The SMILES string of the molecule is c1ccc(-c2ccc(N(c3ccc4ccccc4c3)c3c4ccccc4cc4c3sc3cc(-c5ccc6sc(-c7ccccc7)nc6c5)ccc34)cc2)cc1. The molecule has 9 aromatic carbocycles. The van der Waals surface area contributed by atoms with Crippen molar-refractivity contribution >= 4 is 91.7 Å². The van der Waals surface area contributed by atoms with Crippen molar-refractivity contribution in [3.8, 4) is 32.8 Å². The van der Waals surface area contributed by atoms with Crippen molar-refractivity contribution in [3.63, 3.8) is 0 Å². The molecule has 0 spiro atoms. The Hall–Kier alpha value is -6.59. The summed E-state index contributed by atoms with van der Waals surface area (Å²) in [6.07, 6.45) is 0. The second-order valence-electron chi connectivity index (χ2n) is 14.0. The van der Waals surface area contributed by atoms with Gasteiger partial charge in [-0.2, -0.15) is 0 Å². The van der Waals surface area contributed by atoms with Crippen LogP contribution in [0.4, 0.5) is 17.1 Å². The zero-order valence-electron chi connectivity index (χ0n) is 29.7. The lowest BCUT2D eigenvalue weighted by molar-refractivity contribution is 1.32. The van der Waals surface area contributed by atoms with E-state index in [0.29, 0.717) is 0 Å². The van der Waals surface area contributed by atoms with Crippen molar-refractivity contribution in [2.45, 2.75) is 0 Å². The van der Waals surface area contributed by atoms with E-state index in [2.05, 4.69) is 199 Å². The summed E-state index contributed by atoms with van der Waals surface area (Å²) in [6, 6.07) is 70.5. The van der Waals surface area contributed by atoms with Gasteiger partial charge in [-0.25, -0.2) is 4.98 Å². The average Bonchev–Trinajstić information content (AvgIpc) is 3.85. The van der Waals surface area contributed by atoms with Crippen LogP contribution in [-0.4, -0.2) is 4.98 Å². The highest BCUT2D eigenvalue weighted by atomic mass is 32.1. The zero-order valence-corrected chi connectivity index (χ0v) is 31.3. The Balaban J connectivity index is 1.10. The molecule has 0 radical (unpaired) electrons. The Labute approximate surface area is 326 Å². The molecule has 2 heterocycles. The molecule has 2 aromatic heterocycles. The summed E-state index contributed by atoms with van der Waals surface area (Å²) in [7, 11) is 0. The molecule has 0 aliphatic heterocycles. The predicted octanol–water partition coefficient (Wildman–Crippen LogP) is 15.4. The molecule has 11 rings (SSSR count). The van der Waals surface area contributed by atoms with E-state index in [4.69, 9.17) is 4.98 Å². The third kappa shape index (κ3) is 5.58. The molecule has 0 unspecified atom stereocenters. The number of thiazole rings is 1. The van der Waals surface area contributed by atoms with Gasteiger partial charge in [-0.15, -0.1) is 22.7 Å². The number of nitrogens with zero attached hydrogens (tertiary/aromatic N) is 2. The minimum atomic E-state index is 1.04. The molecule has 0 aliphatic carbocycles. The first kappa shape index (κ1) is 31.9. The standard InChI is InChI=1S/C51H32N2S2/c1-3-11-33(12-4-1)35-19-24-41(25-20-35)53(42-26-21-34-13-7-8-16-37(34)29-42)49-43-18-10-9-17-40(43)30-45-44-27-22-39(32-48(44)54-50(45)49)38-23-28-47-46(31-38)52-51(55-47)36-14-5-2-6-15-36/h1-32H. The Morgan fingerprint density at radius 3 is 1.82 bits per heavy atom. The van der Waals surface area contributed by atoms with Gasteiger partial charge in [0.2, 0.25) is 0 Å². The summed E-state index contributed by atoms with van der Waals surface area (Å²) in [5, 5.41) is 8.50. The van der Waals surface area contributed by atoms with Gasteiger partial charge < -0.3 is 4.90 Å². The normalized spacial score (nSPS) is 11.6. The van der Waals surface area contributed by atoms with Crippen molar-refractivity contribution in [1.29, 1.82) is 0 Å². The van der Waals surface area contributed by atoms with Crippen molar-refractivity contribution in [2.75, 3.05) is 4.90 Å². The van der Waals surface area contributed by atoms with Crippen LogP contribution < -0.4 is 4.90 Å². The molecule has 55 heavy (non-hydrogen) atoms. The maximum atomic E-state index is 5.04. The van der Waals surface area contributed by atoms with Gasteiger partial charge in [-0.05, 0) is 86.9 Å². The fraction of sp³-hybridized carbons (Fsp3) is 0. The number of hydrogen-bond donors (Lipinski definition) is 0. The minimum absolute atomic E-state index is 1.04. The highest BCUT2D eigenvalue weighted by molar-refractivity contribution is 7.26. The molecule has 258 valence electrons. The highest BCUT2D eigenvalue weighted by Crippen LogP contribution is 2.49. The summed E-state index contributed by atoms with van der Waals surface area (Å²) >= 11 is 3.63. The lowest BCUT2D eigenvalue weighted by Crippen LogP contribution is -2.10. The van der Waals surface area contributed by atoms with Gasteiger partial charge in [-0.1, -0.05) is 146 Å². The van der Waals surface area contributed by atoms with E-state index in [1.165, 1.54) is 74.4 Å². The topological polar surface area (TPSA) is 16.1 Å². The average molecular weight is 737 g/mol. The molecule has 0 bridgehead atoms. The van der Waals surface area contributed by atoms with E-state index in [0.717, 1.165) is 27.5 Å². The Kier molecular flexibility index (Phi) is 7.58. The number of fused-ring (bicyclic) bond motifs is 6. The second-order valence-corrected chi connectivity index (χ2v) is 16.1. The lowest BCUT2D eigenvalue weighted by Gasteiger charge is -2.28. The van der Waals surface area contributed by atoms with Crippen LogP contribution in [-0.2, 0) is 0 Å². The van der Waals surface area contributed by atoms with Crippen LogP contribution in [0.25, 0.3) is 84.8 Å². The Morgan fingerprint density at radius 2 is 1.00 bits per heavy atom. The van der Waals surface area contributed by atoms with Crippen LogP contribution in [0.1, 0.15) is 0 Å². The van der Waals surface area contributed by atoms with Gasteiger partial charge in [-0.3, -0.25) is 0 Å². The number of aromatic nitrogens is 1. The summed E-state index contributed by atoms with van der Waals surface area (Å²) in [5.41, 5.74) is 10.4. The number of benzene rings is 9. The molecular formula is C51H32N2S2. The molecule has 0 atom stereocenters. The second kappa shape index (κ2) is 13.1. The van der Waals surface area contributed by atoms with Crippen LogP contribution in [0, 0.1) is 0 Å². The molecule has 2 nitrogen and oxygen atoms in total. The molecule has 0 aliphatic rings. The first-order chi connectivity index (χ1) is 27.2. The van der Waals surface area contributed by atoms with Crippen LogP contribution in [0.15, 0.2) is 194 Å². The summed E-state index contributed by atoms with van der Waals surface area (Å²) in [4.78, 5) is 7.52. The fourth-order valence-corrected chi connectivity index (χ4v) is 10.1. The van der Waals surface area contributed by atoms with E-state index in [1.807, 2.05) is 11.3 Å². The Bertz CT molecular complexity index is 3200. The summed E-state index contributed by atoms with van der Waals surface area (Å²) in [5.74, 6) is 0. The zero-order chi connectivity index (χ0) is 36.3. The molecule has 11 aromatic rings. The maximum Gasteiger partial charge on any atom is 0.124 e. The summed E-state index contributed by atoms with van der Waals surface area (Å²) < 4.78 is 3.74.